The number of amides is 1. The Hall–Kier alpha value is -3.04. The highest BCUT2D eigenvalue weighted by Gasteiger charge is 2.35. The molecule has 0 spiro atoms. The molecule has 1 amide bonds. The predicted octanol–water partition coefficient (Wildman–Crippen LogP) is 2.74. The fraction of sp³-hybridized carbons (Fsp3) is 0.625. The van der Waals surface area contributed by atoms with E-state index < -0.39 is 28.8 Å². The number of anilines is 1. The number of halogens is 1. The SMILES string of the molecule is Cc1c(N2CCC(C(C)N(C)C(=O)OC(C)(C)C)C2)c(F)cc2c(=O)n(N)c(=O)n(C3CC3)c12. The Morgan fingerprint density at radius 3 is 2.50 bits per heavy atom. The molecule has 4 rings (SSSR count). The first-order valence-corrected chi connectivity index (χ1v) is 11.8. The molecule has 0 bridgehead atoms. The van der Waals surface area contributed by atoms with Crippen molar-refractivity contribution in [1.29, 1.82) is 0 Å². The molecule has 34 heavy (non-hydrogen) atoms. The van der Waals surface area contributed by atoms with Gasteiger partial charge in [-0.15, -0.1) is 0 Å². The molecule has 1 aromatic carbocycles. The van der Waals surface area contributed by atoms with Crippen molar-refractivity contribution in [2.24, 2.45) is 5.92 Å². The van der Waals surface area contributed by atoms with Crippen LogP contribution in [0.25, 0.3) is 10.9 Å². The first-order chi connectivity index (χ1) is 15.8. The van der Waals surface area contributed by atoms with Gasteiger partial charge in [-0.05, 0) is 65.9 Å². The minimum absolute atomic E-state index is 0.0313. The first kappa shape index (κ1) is 24.1. The van der Waals surface area contributed by atoms with E-state index in [4.69, 9.17) is 10.6 Å². The van der Waals surface area contributed by atoms with Crippen LogP contribution in [0.1, 0.15) is 58.6 Å². The minimum Gasteiger partial charge on any atom is -0.444 e. The molecular weight excluding hydrogens is 441 g/mol. The number of hydrogen-bond acceptors (Lipinski definition) is 6. The maximum Gasteiger partial charge on any atom is 0.410 e. The van der Waals surface area contributed by atoms with E-state index in [2.05, 4.69) is 0 Å². The van der Waals surface area contributed by atoms with Crippen LogP contribution in [-0.4, -0.2) is 52.0 Å². The van der Waals surface area contributed by atoms with E-state index in [1.54, 1.807) is 23.4 Å². The van der Waals surface area contributed by atoms with Crippen LogP contribution in [0.15, 0.2) is 15.7 Å². The summed E-state index contributed by atoms with van der Waals surface area (Å²) < 4.78 is 23.0. The van der Waals surface area contributed by atoms with Crippen molar-refractivity contribution in [1.82, 2.24) is 14.1 Å². The van der Waals surface area contributed by atoms with Gasteiger partial charge in [-0.25, -0.2) is 14.0 Å². The molecule has 9 nitrogen and oxygen atoms in total. The summed E-state index contributed by atoms with van der Waals surface area (Å²) >= 11 is 0. The summed E-state index contributed by atoms with van der Waals surface area (Å²) in [4.78, 5) is 41.5. The third kappa shape index (κ3) is 4.14. The Kier molecular flexibility index (Phi) is 5.90. The Balaban J connectivity index is 1.67. The average molecular weight is 476 g/mol. The van der Waals surface area contributed by atoms with E-state index in [1.165, 1.54) is 6.07 Å². The number of aryl methyl sites for hydroxylation is 1. The zero-order valence-corrected chi connectivity index (χ0v) is 20.7. The van der Waals surface area contributed by atoms with Crippen LogP contribution in [0.5, 0.6) is 0 Å². The fourth-order valence-corrected chi connectivity index (χ4v) is 4.92. The average Bonchev–Trinajstić information content (AvgIpc) is 3.47. The molecule has 186 valence electrons. The third-order valence-corrected chi connectivity index (χ3v) is 6.99. The van der Waals surface area contributed by atoms with Crippen LogP contribution < -0.4 is 22.0 Å². The molecule has 2 heterocycles. The lowest BCUT2D eigenvalue weighted by molar-refractivity contribution is 0.0192. The van der Waals surface area contributed by atoms with E-state index in [0.29, 0.717) is 34.5 Å². The second kappa shape index (κ2) is 8.32. The highest BCUT2D eigenvalue weighted by molar-refractivity contribution is 5.87. The van der Waals surface area contributed by atoms with Gasteiger partial charge >= 0.3 is 11.8 Å². The number of fused-ring (bicyclic) bond motifs is 1. The molecule has 10 heteroatoms. The van der Waals surface area contributed by atoms with Crippen molar-refractivity contribution in [3.63, 3.8) is 0 Å². The molecular formula is C24H34FN5O4. The van der Waals surface area contributed by atoms with Crippen LogP contribution in [0, 0.1) is 18.7 Å². The molecule has 1 aliphatic heterocycles. The summed E-state index contributed by atoms with van der Waals surface area (Å²) in [7, 11) is 1.72. The lowest BCUT2D eigenvalue weighted by atomic mass is 9.99. The number of carbonyl (C=O) groups excluding carboxylic acids is 1. The topological polar surface area (TPSA) is 103 Å². The molecule has 2 atom stereocenters. The number of carbonyl (C=O) groups is 1. The van der Waals surface area contributed by atoms with E-state index in [9.17, 15) is 14.4 Å². The fourth-order valence-electron chi connectivity index (χ4n) is 4.92. The largest absolute Gasteiger partial charge is 0.444 e. The number of ether oxygens (including phenoxy) is 1. The lowest BCUT2D eigenvalue weighted by Crippen LogP contribution is -2.45. The summed E-state index contributed by atoms with van der Waals surface area (Å²) in [6.07, 6.45) is 2.02. The number of aromatic nitrogens is 2. The Morgan fingerprint density at radius 2 is 1.91 bits per heavy atom. The molecule has 1 saturated heterocycles. The second-order valence-corrected chi connectivity index (χ2v) is 10.6. The highest BCUT2D eigenvalue weighted by atomic mass is 19.1. The van der Waals surface area contributed by atoms with Crippen molar-refractivity contribution < 1.29 is 13.9 Å². The standard InChI is InChI=1S/C24H34FN5O4/c1-13-19-17(21(31)30(26)22(32)29(19)16-7-8-16)11-18(25)20(13)28-10-9-15(12-28)14(2)27(6)23(33)34-24(3,4)5/h11,14-16H,7-10,12,26H2,1-6H3. The quantitative estimate of drug-likeness (QED) is 0.682. The van der Waals surface area contributed by atoms with E-state index in [-0.39, 0.29) is 23.4 Å². The molecule has 2 N–H and O–H groups in total. The molecule has 2 aromatic rings. The van der Waals surface area contributed by atoms with Crippen LogP contribution in [0.3, 0.4) is 0 Å². The lowest BCUT2D eigenvalue weighted by Gasteiger charge is -2.32. The van der Waals surface area contributed by atoms with E-state index in [0.717, 1.165) is 19.3 Å². The van der Waals surface area contributed by atoms with Gasteiger partial charge in [0.2, 0.25) is 0 Å². The van der Waals surface area contributed by atoms with Gasteiger partial charge in [-0.3, -0.25) is 9.36 Å². The van der Waals surface area contributed by atoms with Crippen LogP contribution in [-0.2, 0) is 4.74 Å². The zero-order valence-electron chi connectivity index (χ0n) is 20.7. The Morgan fingerprint density at radius 1 is 1.26 bits per heavy atom. The van der Waals surface area contributed by atoms with Gasteiger partial charge in [0.15, 0.2) is 0 Å². The van der Waals surface area contributed by atoms with E-state index in [1.807, 2.05) is 32.6 Å². The van der Waals surface area contributed by atoms with Crippen molar-refractivity contribution in [2.45, 2.75) is 71.6 Å². The smallest absolute Gasteiger partial charge is 0.410 e. The van der Waals surface area contributed by atoms with Gasteiger partial charge in [-0.1, -0.05) is 0 Å². The highest BCUT2D eigenvalue weighted by Crippen LogP contribution is 2.39. The molecule has 1 aliphatic carbocycles. The summed E-state index contributed by atoms with van der Waals surface area (Å²) in [5.74, 6) is 5.30. The van der Waals surface area contributed by atoms with Crippen molar-refractivity contribution in [3.8, 4) is 0 Å². The van der Waals surface area contributed by atoms with Crippen molar-refractivity contribution in [3.05, 3.63) is 38.3 Å². The summed E-state index contributed by atoms with van der Waals surface area (Å²) in [6.45, 7) is 10.3. The summed E-state index contributed by atoms with van der Waals surface area (Å²) in [5.41, 5.74) is -0.448. The number of nitrogens with zero attached hydrogens (tertiary/aromatic N) is 4. The van der Waals surface area contributed by atoms with Gasteiger partial charge < -0.3 is 20.4 Å². The zero-order chi connectivity index (χ0) is 25.1. The molecule has 2 unspecified atom stereocenters. The van der Waals surface area contributed by atoms with Crippen molar-refractivity contribution >= 4 is 22.7 Å². The second-order valence-electron chi connectivity index (χ2n) is 10.6. The molecule has 0 radical (unpaired) electrons. The number of nitrogens with two attached hydrogens (primary N) is 1. The van der Waals surface area contributed by atoms with Gasteiger partial charge in [0.1, 0.15) is 11.4 Å². The van der Waals surface area contributed by atoms with E-state index >= 15 is 4.39 Å². The monoisotopic (exact) mass is 475 g/mol. The number of nitrogen functional groups attached to an aromatic ring is 1. The molecule has 1 saturated carbocycles. The van der Waals surface area contributed by atoms with Crippen molar-refractivity contribution in [2.75, 3.05) is 30.9 Å². The van der Waals surface area contributed by atoms with Crippen LogP contribution >= 0.6 is 0 Å². The Labute approximate surface area is 197 Å². The predicted molar refractivity (Wildman–Crippen MR) is 129 cm³/mol. The Bertz CT molecular complexity index is 1260. The normalized spacial score (nSPS) is 19.5. The van der Waals surface area contributed by atoms with Crippen LogP contribution in [0.4, 0.5) is 14.9 Å². The summed E-state index contributed by atoms with van der Waals surface area (Å²) in [6, 6.07) is 1.06. The molecule has 1 aromatic heterocycles. The minimum atomic E-state index is -0.697. The molecule has 2 fully saturated rings. The summed E-state index contributed by atoms with van der Waals surface area (Å²) in [5, 5.41) is 0.113. The third-order valence-electron chi connectivity index (χ3n) is 6.99. The van der Waals surface area contributed by atoms with Gasteiger partial charge in [0.25, 0.3) is 5.56 Å². The molecule has 2 aliphatic rings. The number of rotatable bonds is 4. The van der Waals surface area contributed by atoms with Gasteiger partial charge in [-0.2, -0.15) is 4.68 Å². The number of benzene rings is 1. The van der Waals surface area contributed by atoms with Gasteiger partial charge in [0, 0.05) is 37.8 Å². The number of hydrogen-bond donors (Lipinski definition) is 1. The first-order valence-electron chi connectivity index (χ1n) is 11.8. The van der Waals surface area contributed by atoms with Gasteiger partial charge in [0.05, 0.1) is 16.6 Å². The van der Waals surface area contributed by atoms with Crippen LogP contribution in [0.2, 0.25) is 0 Å². The maximum atomic E-state index is 15.4. The maximum absolute atomic E-state index is 15.4.